The van der Waals surface area contributed by atoms with E-state index in [0.717, 1.165) is 18.3 Å². The van der Waals surface area contributed by atoms with E-state index in [4.69, 9.17) is 0 Å². The monoisotopic (exact) mass is 302 g/mol. The van der Waals surface area contributed by atoms with Crippen LogP contribution in [0.25, 0.3) is 0 Å². The summed E-state index contributed by atoms with van der Waals surface area (Å²) in [6.07, 6.45) is -1.92. The molecule has 4 nitrogen and oxygen atoms in total. The molecule has 0 saturated carbocycles. The first kappa shape index (κ1) is 15.6. The average molecular weight is 302 g/mol. The summed E-state index contributed by atoms with van der Waals surface area (Å²) >= 11 is 0. The Hall–Kier alpha value is -1.79. The summed E-state index contributed by atoms with van der Waals surface area (Å²) in [7, 11) is 0. The molecule has 1 aromatic heterocycles. The SMILES string of the molecule is CCC1(C(=O)O)CCN(c2cc(C(F)(F)F)ccn2)CC1. The molecule has 2 heterocycles. The molecule has 0 radical (unpaired) electrons. The molecule has 7 heteroatoms. The smallest absolute Gasteiger partial charge is 0.416 e. The minimum Gasteiger partial charge on any atom is -0.481 e. The Balaban J connectivity index is 2.14. The van der Waals surface area contributed by atoms with Gasteiger partial charge in [0.1, 0.15) is 5.82 Å². The predicted octanol–water partition coefficient (Wildman–Crippen LogP) is 3.18. The van der Waals surface area contributed by atoms with Crippen molar-refractivity contribution in [1.82, 2.24) is 4.98 Å². The minimum atomic E-state index is -4.40. The van der Waals surface area contributed by atoms with Gasteiger partial charge < -0.3 is 10.0 Å². The minimum absolute atomic E-state index is 0.250. The van der Waals surface area contributed by atoms with Crippen LogP contribution >= 0.6 is 0 Å². The van der Waals surface area contributed by atoms with Crippen LogP contribution in [0.1, 0.15) is 31.7 Å². The van der Waals surface area contributed by atoms with E-state index in [-0.39, 0.29) is 5.82 Å². The van der Waals surface area contributed by atoms with E-state index in [1.54, 1.807) is 4.90 Å². The summed E-state index contributed by atoms with van der Waals surface area (Å²) in [4.78, 5) is 17.0. The third kappa shape index (κ3) is 3.11. The number of pyridine rings is 1. The molecule has 1 aliphatic rings. The van der Waals surface area contributed by atoms with E-state index in [2.05, 4.69) is 4.98 Å². The lowest BCUT2D eigenvalue weighted by molar-refractivity contribution is -0.150. The van der Waals surface area contributed by atoms with Gasteiger partial charge in [0.15, 0.2) is 0 Å². The number of carboxylic acids is 1. The highest BCUT2D eigenvalue weighted by Crippen LogP contribution is 2.37. The third-order valence-electron chi connectivity index (χ3n) is 4.25. The summed E-state index contributed by atoms with van der Waals surface area (Å²) < 4.78 is 38.1. The molecule has 1 aromatic rings. The molecule has 0 aromatic carbocycles. The molecule has 116 valence electrons. The number of carboxylic acid groups (broad SMARTS) is 1. The fourth-order valence-corrected chi connectivity index (χ4v) is 2.65. The highest BCUT2D eigenvalue weighted by atomic mass is 19.4. The van der Waals surface area contributed by atoms with Gasteiger partial charge in [-0.1, -0.05) is 6.92 Å². The highest BCUT2D eigenvalue weighted by Gasteiger charge is 2.40. The van der Waals surface area contributed by atoms with Crippen molar-refractivity contribution in [2.75, 3.05) is 18.0 Å². The largest absolute Gasteiger partial charge is 0.481 e. The molecule has 1 N–H and O–H groups in total. The van der Waals surface area contributed by atoms with Crippen LogP contribution < -0.4 is 4.90 Å². The number of rotatable bonds is 3. The van der Waals surface area contributed by atoms with Crippen molar-refractivity contribution in [3.8, 4) is 0 Å². The van der Waals surface area contributed by atoms with Crippen molar-refractivity contribution in [1.29, 1.82) is 0 Å². The summed E-state index contributed by atoms with van der Waals surface area (Å²) in [6.45, 7) is 2.62. The van der Waals surface area contributed by atoms with Gasteiger partial charge in [-0.05, 0) is 31.4 Å². The first-order valence-corrected chi connectivity index (χ1v) is 6.80. The second-order valence-corrected chi connectivity index (χ2v) is 5.33. The van der Waals surface area contributed by atoms with Crippen LogP contribution in [-0.4, -0.2) is 29.1 Å². The first-order valence-electron chi connectivity index (χ1n) is 6.80. The van der Waals surface area contributed by atoms with Gasteiger partial charge in [-0.15, -0.1) is 0 Å². The summed E-state index contributed by atoms with van der Waals surface area (Å²) in [5, 5.41) is 9.31. The Labute approximate surface area is 120 Å². The van der Waals surface area contributed by atoms with Crippen molar-refractivity contribution < 1.29 is 23.1 Å². The summed E-state index contributed by atoms with van der Waals surface area (Å²) in [6, 6.07) is 1.95. The van der Waals surface area contributed by atoms with Gasteiger partial charge in [-0.2, -0.15) is 13.2 Å². The van der Waals surface area contributed by atoms with Crippen LogP contribution in [0.15, 0.2) is 18.3 Å². The van der Waals surface area contributed by atoms with Crippen LogP contribution in [0.4, 0.5) is 19.0 Å². The number of hydrogen-bond acceptors (Lipinski definition) is 3. The Morgan fingerprint density at radius 2 is 2.05 bits per heavy atom. The summed E-state index contributed by atoms with van der Waals surface area (Å²) in [5.41, 5.74) is -1.50. The normalized spacial score (nSPS) is 18.6. The van der Waals surface area contributed by atoms with Crippen molar-refractivity contribution in [2.24, 2.45) is 5.41 Å². The molecule has 1 saturated heterocycles. The van der Waals surface area contributed by atoms with Gasteiger partial charge >= 0.3 is 12.1 Å². The third-order valence-corrected chi connectivity index (χ3v) is 4.25. The number of halogens is 3. The Morgan fingerprint density at radius 1 is 1.43 bits per heavy atom. The van der Waals surface area contributed by atoms with Crippen LogP contribution in [-0.2, 0) is 11.0 Å². The molecular weight excluding hydrogens is 285 g/mol. The van der Waals surface area contributed by atoms with Crippen molar-refractivity contribution in [3.05, 3.63) is 23.9 Å². The van der Waals surface area contributed by atoms with E-state index in [0.29, 0.717) is 32.4 Å². The van der Waals surface area contributed by atoms with Crippen molar-refractivity contribution >= 4 is 11.8 Å². The highest BCUT2D eigenvalue weighted by molar-refractivity contribution is 5.75. The topological polar surface area (TPSA) is 53.4 Å². The van der Waals surface area contributed by atoms with Gasteiger partial charge in [-0.25, -0.2) is 4.98 Å². The zero-order valence-electron chi connectivity index (χ0n) is 11.7. The molecule has 0 bridgehead atoms. The number of carbonyl (C=O) groups is 1. The van der Waals surface area contributed by atoms with Gasteiger partial charge in [0, 0.05) is 19.3 Å². The van der Waals surface area contributed by atoms with Gasteiger partial charge in [0.25, 0.3) is 0 Å². The quantitative estimate of drug-likeness (QED) is 0.931. The maximum Gasteiger partial charge on any atom is 0.416 e. The molecule has 1 aliphatic heterocycles. The van der Waals surface area contributed by atoms with E-state index in [9.17, 15) is 23.1 Å². The lowest BCUT2D eigenvalue weighted by atomic mass is 9.76. The van der Waals surface area contributed by atoms with E-state index >= 15 is 0 Å². The maximum atomic E-state index is 12.7. The lowest BCUT2D eigenvalue weighted by Crippen LogP contribution is -2.44. The zero-order chi connectivity index (χ0) is 15.7. The maximum absolute atomic E-state index is 12.7. The van der Waals surface area contributed by atoms with Gasteiger partial charge in [0.2, 0.25) is 0 Å². The Bertz CT molecular complexity index is 523. The van der Waals surface area contributed by atoms with Crippen LogP contribution in [0.5, 0.6) is 0 Å². The molecule has 2 rings (SSSR count). The van der Waals surface area contributed by atoms with Crippen molar-refractivity contribution in [2.45, 2.75) is 32.4 Å². The molecule has 0 atom stereocenters. The number of piperidine rings is 1. The second kappa shape index (κ2) is 5.54. The van der Waals surface area contributed by atoms with Gasteiger partial charge in [-0.3, -0.25) is 4.79 Å². The lowest BCUT2D eigenvalue weighted by Gasteiger charge is -2.39. The average Bonchev–Trinajstić information content (AvgIpc) is 2.46. The zero-order valence-corrected chi connectivity index (χ0v) is 11.7. The number of nitrogens with zero attached hydrogens (tertiary/aromatic N) is 2. The molecule has 0 unspecified atom stereocenters. The van der Waals surface area contributed by atoms with Crippen LogP contribution in [0, 0.1) is 5.41 Å². The molecule has 0 aliphatic carbocycles. The molecule has 0 spiro atoms. The summed E-state index contributed by atoms with van der Waals surface area (Å²) in [5.74, 6) is -0.582. The van der Waals surface area contributed by atoms with Crippen molar-refractivity contribution in [3.63, 3.8) is 0 Å². The van der Waals surface area contributed by atoms with E-state index in [1.165, 1.54) is 0 Å². The standard InChI is InChI=1S/C14H17F3N2O2/c1-2-13(12(20)21)4-7-19(8-5-13)11-9-10(3-6-18-11)14(15,16)17/h3,6,9H,2,4-5,7-8H2,1H3,(H,20,21). The Morgan fingerprint density at radius 3 is 2.52 bits per heavy atom. The number of anilines is 1. The number of aliphatic carboxylic acids is 1. The van der Waals surface area contributed by atoms with Crippen LogP contribution in [0.3, 0.4) is 0 Å². The number of hydrogen-bond donors (Lipinski definition) is 1. The number of alkyl halides is 3. The number of aromatic nitrogens is 1. The van der Waals surface area contributed by atoms with E-state index < -0.39 is 23.1 Å². The predicted molar refractivity (Wildman–Crippen MR) is 71.0 cm³/mol. The van der Waals surface area contributed by atoms with Crippen LogP contribution in [0.2, 0.25) is 0 Å². The Kier molecular flexibility index (Phi) is 4.11. The second-order valence-electron chi connectivity index (χ2n) is 5.33. The van der Waals surface area contributed by atoms with Gasteiger partial charge in [0.05, 0.1) is 11.0 Å². The first-order chi connectivity index (χ1) is 9.78. The fraction of sp³-hybridized carbons (Fsp3) is 0.571. The fourth-order valence-electron chi connectivity index (χ4n) is 2.65. The van der Waals surface area contributed by atoms with E-state index in [1.807, 2.05) is 6.92 Å². The molecule has 21 heavy (non-hydrogen) atoms. The molecule has 1 fully saturated rings. The molecule has 0 amide bonds. The molecular formula is C14H17F3N2O2.